The summed E-state index contributed by atoms with van der Waals surface area (Å²) in [5.74, 6) is -0.290. The molecule has 3 heterocycles. The van der Waals surface area contributed by atoms with E-state index in [4.69, 9.17) is 17.0 Å². The van der Waals surface area contributed by atoms with Crippen molar-refractivity contribution in [2.24, 2.45) is 0 Å². The van der Waals surface area contributed by atoms with Crippen molar-refractivity contribution in [3.63, 3.8) is 0 Å². The summed E-state index contributed by atoms with van der Waals surface area (Å²) in [6, 6.07) is 10.5. The van der Waals surface area contributed by atoms with Gasteiger partial charge in [0.15, 0.2) is 0 Å². The SMILES string of the molecule is CCCCCN1C(=O)/C(=C\c2c(Oc3ccc(F)cc3)nc3ccccn3c2=O)SC1=S. The Morgan fingerprint density at radius 1 is 1.16 bits per heavy atom. The van der Waals surface area contributed by atoms with Gasteiger partial charge in [-0.05, 0) is 48.9 Å². The molecule has 9 heteroatoms. The highest BCUT2D eigenvalue weighted by molar-refractivity contribution is 8.26. The van der Waals surface area contributed by atoms with Gasteiger partial charge in [-0.1, -0.05) is 49.8 Å². The summed E-state index contributed by atoms with van der Waals surface area (Å²) in [6.07, 6.45) is 5.97. The van der Waals surface area contributed by atoms with E-state index in [0.717, 1.165) is 31.0 Å². The third-order valence-corrected chi connectivity index (χ3v) is 6.27. The van der Waals surface area contributed by atoms with Gasteiger partial charge in [0.1, 0.15) is 27.1 Å². The van der Waals surface area contributed by atoms with Crippen LogP contribution in [0.3, 0.4) is 0 Å². The molecule has 4 rings (SSSR count). The molecule has 0 N–H and O–H groups in total. The second-order valence-corrected chi connectivity index (χ2v) is 8.84. The van der Waals surface area contributed by atoms with Crippen molar-refractivity contribution in [1.82, 2.24) is 14.3 Å². The van der Waals surface area contributed by atoms with Crippen LogP contribution in [0.5, 0.6) is 11.6 Å². The lowest BCUT2D eigenvalue weighted by Gasteiger charge is -2.13. The van der Waals surface area contributed by atoms with Crippen LogP contribution in [0.25, 0.3) is 11.7 Å². The number of amides is 1. The number of aromatic nitrogens is 2. The average molecular weight is 470 g/mol. The van der Waals surface area contributed by atoms with Crippen molar-refractivity contribution in [3.05, 3.63) is 75.3 Å². The highest BCUT2D eigenvalue weighted by Gasteiger charge is 2.32. The van der Waals surface area contributed by atoms with Crippen molar-refractivity contribution in [2.75, 3.05) is 6.54 Å². The summed E-state index contributed by atoms with van der Waals surface area (Å²) in [4.78, 5) is 32.5. The number of ether oxygens (including phenoxy) is 1. The Labute approximate surface area is 193 Å². The van der Waals surface area contributed by atoms with Gasteiger partial charge in [-0.3, -0.25) is 18.9 Å². The fourth-order valence-electron chi connectivity index (χ4n) is 3.24. The third-order valence-electron chi connectivity index (χ3n) is 4.90. The van der Waals surface area contributed by atoms with E-state index in [9.17, 15) is 14.0 Å². The van der Waals surface area contributed by atoms with Crippen LogP contribution in [0.15, 0.2) is 58.4 Å². The van der Waals surface area contributed by atoms with Crippen molar-refractivity contribution >= 4 is 45.9 Å². The van der Waals surface area contributed by atoms with E-state index in [2.05, 4.69) is 11.9 Å². The highest BCUT2D eigenvalue weighted by atomic mass is 32.2. The van der Waals surface area contributed by atoms with Gasteiger partial charge < -0.3 is 4.74 Å². The normalized spacial score (nSPS) is 15.2. The Bertz CT molecular complexity index is 1270. The van der Waals surface area contributed by atoms with Crippen LogP contribution >= 0.6 is 24.0 Å². The van der Waals surface area contributed by atoms with Gasteiger partial charge >= 0.3 is 0 Å². The number of rotatable bonds is 7. The molecule has 1 aromatic carbocycles. The molecular formula is C23H20FN3O3S2. The van der Waals surface area contributed by atoms with E-state index in [1.165, 1.54) is 34.7 Å². The highest BCUT2D eigenvalue weighted by Crippen LogP contribution is 2.34. The van der Waals surface area contributed by atoms with E-state index < -0.39 is 5.82 Å². The lowest BCUT2D eigenvalue weighted by atomic mass is 10.2. The maximum Gasteiger partial charge on any atom is 0.269 e. The van der Waals surface area contributed by atoms with Crippen LogP contribution in [0, 0.1) is 5.82 Å². The Hall–Kier alpha value is -3.04. The summed E-state index contributed by atoms with van der Waals surface area (Å²) >= 11 is 6.54. The van der Waals surface area contributed by atoms with Gasteiger partial charge in [0.2, 0.25) is 5.88 Å². The molecule has 1 saturated heterocycles. The van der Waals surface area contributed by atoms with Crippen molar-refractivity contribution in [2.45, 2.75) is 26.2 Å². The minimum Gasteiger partial charge on any atom is -0.438 e. The first-order valence-corrected chi connectivity index (χ1v) is 11.4. The number of thiocarbonyl (C=S) groups is 1. The summed E-state index contributed by atoms with van der Waals surface area (Å²) in [7, 11) is 0. The van der Waals surface area contributed by atoms with Crippen molar-refractivity contribution in [1.29, 1.82) is 0 Å². The molecule has 0 radical (unpaired) electrons. The van der Waals surface area contributed by atoms with E-state index in [1.807, 2.05) is 0 Å². The van der Waals surface area contributed by atoms with Crippen LogP contribution in [-0.2, 0) is 4.79 Å². The van der Waals surface area contributed by atoms with Crippen LogP contribution < -0.4 is 10.3 Å². The molecular weight excluding hydrogens is 449 g/mol. The second-order valence-electron chi connectivity index (χ2n) is 7.16. The maximum atomic E-state index is 13.3. The number of pyridine rings is 1. The second kappa shape index (κ2) is 9.62. The Kier molecular flexibility index (Phi) is 6.66. The smallest absolute Gasteiger partial charge is 0.269 e. The minimum atomic E-state index is -0.407. The zero-order valence-electron chi connectivity index (χ0n) is 17.3. The first-order valence-electron chi connectivity index (χ1n) is 10.2. The van der Waals surface area contributed by atoms with Gasteiger partial charge in [0, 0.05) is 12.7 Å². The van der Waals surface area contributed by atoms with Gasteiger partial charge in [-0.15, -0.1) is 0 Å². The number of nitrogens with zero attached hydrogens (tertiary/aromatic N) is 3. The lowest BCUT2D eigenvalue weighted by molar-refractivity contribution is -0.122. The number of fused-ring (bicyclic) bond motifs is 1. The average Bonchev–Trinajstić information content (AvgIpc) is 3.05. The molecule has 32 heavy (non-hydrogen) atoms. The Morgan fingerprint density at radius 2 is 1.94 bits per heavy atom. The minimum absolute atomic E-state index is 0.0315. The van der Waals surface area contributed by atoms with Gasteiger partial charge in [0.05, 0.1) is 4.91 Å². The predicted octanol–water partition coefficient (Wildman–Crippen LogP) is 5.02. The number of halogens is 1. The zero-order valence-corrected chi connectivity index (χ0v) is 18.9. The summed E-state index contributed by atoms with van der Waals surface area (Å²) < 4.78 is 21.0. The number of thioether (sulfide) groups is 1. The number of carbonyl (C=O) groups excluding carboxylic acids is 1. The van der Waals surface area contributed by atoms with Crippen molar-refractivity contribution in [3.8, 4) is 11.6 Å². The molecule has 3 aromatic rings. The topological polar surface area (TPSA) is 63.9 Å². The van der Waals surface area contributed by atoms with Gasteiger partial charge in [-0.25, -0.2) is 4.39 Å². The first kappa shape index (κ1) is 22.2. The Morgan fingerprint density at radius 3 is 2.69 bits per heavy atom. The molecule has 6 nitrogen and oxygen atoms in total. The molecule has 0 atom stereocenters. The fourth-order valence-corrected chi connectivity index (χ4v) is 4.53. The lowest BCUT2D eigenvalue weighted by Crippen LogP contribution is -2.29. The number of benzene rings is 1. The summed E-state index contributed by atoms with van der Waals surface area (Å²) in [6.45, 7) is 2.64. The van der Waals surface area contributed by atoms with Crippen LogP contribution in [0.2, 0.25) is 0 Å². The molecule has 1 fully saturated rings. The standard InChI is InChI=1S/C23H20FN3O3S2/c1-2-3-5-13-27-22(29)18(32-23(27)31)14-17-20(30-16-10-8-15(24)9-11-16)25-19-7-4-6-12-26(19)21(17)28/h4,6-12,14H,2-3,5,13H2,1H3/b18-14+. The van der Waals surface area contributed by atoms with Crippen LogP contribution in [0.1, 0.15) is 31.7 Å². The molecule has 1 amide bonds. The maximum absolute atomic E-state index is 13.3. The molecule has 2 aromatic heterocycles. The fraction of sp³-hybridized carbons (Fsp3) is 0.217. The predicted molar refractivity (Wildman–Crippen MR) is 127 cm³/mol. The molecule has 0 unspecified atom stereocenters. The van der Waals surface area contributed by atoms with Gasteiger partial charge in [-0.2, -0.15) is 4.98 Å². The van der Waals surface area contributed by atoms with E-state index in [1.54, 1.807) is 29.3 Å². The molecule has 0 aliphatic carbocycles. The van der Waals surface area contributed by atoms with Crippen LogP contribution in [-0.4, -0.2) is 31.1 Å². The number of carbonyl (C=O) groups is 1. The van der Waals surface area contributed by atoms with Crippen LogP contribution in [0.4, 0.5) is 4.39 Å². The molecule has 0 saturated carbocycles. The van der Waals surface area contributed by atoms with Crippen molar-refractivity contribution < 1.29 is 13.9 Å². The first-order chi connectivity index (χ1) is 15.5. The molecule has 0 bridgehead atoms. The molecule has 164 valence electrons. The zero-order chi connectivity index (χ0) is 22.7. The molecule has 1 aliphatic rings. The summed E-state index contributed by atoms with van der Waals surface area (Å²) in [5.41, 5.74) is 0.120. The van der Waals surface area contributed by atoms with E-state index >= 15 is 0 Å². The third kappa shape index (κ3) is 4.58. The van der Waals surface area contributed by atoms with Gasteiger partial charge in [0.25, 0.3) is 11.5 Å². The number of hydrogen-bond acceptors (Lipinski definition) is 6. The quantitative estimate of drug-likeness (QED) is 0.275. The summed E-state index contributed by atoms with van der Waals surface area (Å²) in [5, 5.41) is 0. The van der Waals surface area contributed by atoms with E-state index in [-0.39, 0.29) is 22.9 Å². The number of unbranched alkanes of at least 4 members (excludes halogenated alkanes) is 2. The Balaban J connectivity index is 1.76. The number of hydrogen-bond donors (Lipinski definition) is 0. The van der Waals surface area contributed by atoms with E-state index in [0.29, 0.717) is 27.2 Å². The monoisotopic (exact) mass is 469 g/mol. The molecule has 0 spiro atoms. The largest absolute Gasteiger partial charge is 0.438 e. The molecule has 1 aliphatic heterocycles.